The molecule has 1 fully saturated rings. The van der Waals surface area contributed by atoms with Crippen molar-refractivity contribution in [1.82, 2.24) is 4.90 Å². The van der Waals surface area contributed by atoms with E-state index < -0.39 is 33.2 Å². The SMILES string of the molecule is CCN(C(=O)CS(=O)(=O)CC(=O)O)C1CCCCC1. The van der Waals surface area contributed by atoms with E-state index in [1.807, 2.05) is 6.92 Å². The Labute approximate surface area is 113 Å². The minimum atomic E-state index is -3.86. The molecule has 6 nitrogen and oxygen atoms in total. The summed E-state index contributed by atoms with van der Waals surface area (Å²) in [6.07, 6.45) is 5.06. The highest BCUT2D eigenvalue weighted by atomic mass is 32.2. The Morgan fingerprint density at radius 1 is 1.16 bits per heavy atom. The van der Waals surface area contributed by atoms with Crippen LogP contribution in [0.4, 0.5) is 0 Å². The molecular formula is C12H21NO5S. The molecule has 7 heteroatoms. The zero-order chi connectivity index (χ0) is 14.5. The van der Waals surface area contributed by atoms with Gasteiger partial charge in [0.1, 0.15) is 11.5 Å². The van der Waals surface area contributed by atoms with Gasteiger partial charge in [-0.05, 0) is 19.8 Å². The first-order chi connectivity index (χ1) is 8.85. The zero-order valence-corrected chi connectivity index (χ0v) is 12.0. The van der Waals surface area contributed by atoms with Gasteiger partial charge < -0.3 is 10.0 Å². The molecule has 0 saturated heterocycles. The molecule has 0 aromatic heterocycles. The van der Waals surface area contributed by atoms with Gasteiger partial charge in [0.05, 0.1) is 0 Å². The van der Waals surface area contributed by atoms with Crippen LogP contribution in [0.1, 0.15) is 39.0 Å². The summed E-state index contributed by atoms with van der Waals surface area (Å²) >= 11 is 0. The van der Waals surface area contributed by atoms with Gasteiger partial charge in [-0.15, -0.1) is 0 Å². The number of amides is 1. The molecular weight excluding hydrogens is 270 g/mol. The van der Waals surface area contributed by atoms with E-state index in [0.717, 1.165) is 32.1 Å². The van der Waals surface area contributed by atoms with Crippen molar-refractivity contribution in [1.29, 1.82) is 0 Å². The summed E-state index contributed by atoms with van der Waals surface area (Å²) in [5.74, 6) is -3.59. The van der Waals surface area contributed by atoms with Gasteiger partial charge in [0, 0.05) is 12.6 Å². The van der Waals surface area contributed by atoms with Crippen molar-refractivity contribution in [3.05, 3.63) is 0 Å². The lowest BCUT2D eigenvalue weighted by Crippen LogP contribution is -2.44. The van der Waals surface area contributed by atoms with Gasteiger partial charge in [-0.3, -0.25) is 9.59 Å². The van der Waals surface area contributed by atoms with Crippen LogP contribution in [0.3, 0.4) is 0 Å². The minimum Gasteiger partial charge on any atom is -0.480 e. The molecule has 0 aromatic carbocycles. The molecule has 1 amide bonds. The highest BCUT2D eigenvalue weighted by Crippen LogP contribution is 2.22. The number of hydrogen-bond acceptors (Lipinski definition) is 4. The number of aliphatic carboxylic acids is 1. The lowest BCUT2D eigenvalue weighted by Gasteiger charge is -2.33. The highest BCUT2D eigenvalue weighted by Gasteiger charge is 2.28. The first-order valence-corrected chi connectivity index (χ1v) is 8.39. The minimum absolute atomic E-state index is 0.103. The summed E-state index contributed by atoms with van der Waals surface area (Å²) in [5.41, 5.74) is 0. The Kier molecular flexibility index (Phi) is 5.78. The fraction of sp³-hybridized carbons (Fsp3) is 0.833. The van der Waals surface area contributed by atoms with Gasteiger partial charge in [-0.2, -0.15) is 0 Å². The molecule has 0 aliphatic heterocycles. The Morgan fingerprint density at radius 3 is 2.21 bits per heavy atom. The number of rotatable bonds is 6. The second-order valence-corrected chi connectivity index (χ2v) is 6.96. The van der Waals surface area contributed by atoms with E-state index in [0.29, 0.717) is 6.54 Å². The smallest absolute Gasteiger partial charge is 0.318 e. The van der Waals surface area contributed by atoms with Crippen LogP contribution in [0.2, 0.25) is 0 Å². The summed E-state index contributed by atoms with van der Waals surface area (Å²) in [5, 5.41) is 8.50. The topological polar surface area (TPSA) is 91.8 Å². The van der Waals surface area contributed by atoms with Gasteiger partial charge in [0.25, 0.3) is 0 Å². The zero-order valence-electron chi connectivity index (χ0n) is 11.2. The predicted molar refractivity (Wildman–Crippen MR) is 70.5 cm³/mol. The maximum Gasteiger partial charge on any atom is 0.318 e. The van der Waals surface area contributed by atoms with E-state index in [9.17, 15) is 18.0 Å². The van der Waals surface area contributed by atoms with Crippen LogP contribution < -0.4 is 0 Å². The van der Waals surface area contributed by atoms with E-state index in [-0.39, 0.29) is 6.04 Å². The molecule has 1 aliphatic rings. The van der Waals surface area contributed by atoms with Crippen molar-refractivity contribution in [2.75, 3.05) is 18.1 Å². The number of carboxylic acids is 1. The Morgan fingerprint density at radius 2 is 1.74 bits per heavy atom. The fourth-order valence-electron chi connectivity index (χ4n) is 2.54. The Hall–Kier alpha value is -1.11. The van der Waals surface area contributed by atoms with Crippen molar-refractivity contribution in [3.63, 3.8) is 0 Å². The van der Waals surface area contributed by atoms with Crippen LogP contribution in [0.5, 0.6) is 0 Å². The number of sulfone groups is 1. The average molecular weight is 291 g/mol. The number of carbonyl (C=O) groups excluding carboxylic acids is 1. The molecule has 0 unspecified atom stereocenters. The summed E-state index contributed by atoms with van der Waals surface area (Å²) in [6, 6.07) is 0.103. The molecule has 0 radical (unpaired) electrons. The van der Waals surface area contributed by atoms with Crippen LogP contribution >= 0.6 is 0 Å². The molecule has 0 heterocycles. The van der Waals surface area contributed by atoms with Gasteiger partial charge in [0.15, 0.2) is 9.84 Å². The molecule has 1 rings (SSSR count). The molecule has 0 spiro atoms. The first-order valence-electron chi connectivity index (χ1n) is 6.57. The third-order valence-corrected chi connectivity index (χ3v) is 4.74. The van der Waals surface area contributed by atoms with Crippen LogP contribution in [-0.2, 0) is 19.4 Å². The van der Waals surface area contributed by atoms with Crippen molar-refractivity contribution < 1.29 is 23.1 Å². The third-order valence-electron chi connectivity index (χ3n) is 3.36. The largest absolute Gasteiger partial charge is 0.480 e. The van der Waals surface area contributed by atoms with Gasteiger partial charge in [-0.25, -0.2) is 8.42 Å². The molecule has 19 heavy (non-hydrogen) atoms. The van der Waals surface area contributed by atoms with Crippen LogP contribution in [0.15, 0.2) is 0 Å². The van der Waals surface area contributed by atoms with E-state index >= 15 is 0 Å². The van der Waals surface area contributed by atoms with Gasteiger partial charge in [0.2, 0.25) is 5.91 Å². The quantitative estimate of drug-likeness (QED) is 0.776. The van der Waals surface area contributed by atoms with Crippen molar-refractivity contribution in [3.8, 4) is 0 Å². The second-order valence-electron chi connectivity index (χ2n) is 4.90. The number of hydrogen-bond donors (Lipinski definition) is 1. The van der Waals surface area contributed by atoms with E-state index in [4.69, 9.17) is 5.11 Å². The predicted octanol–water partition coefficient (Wildman–Crippen LogP) is 0.667. The van der Waals surface area contributed by atoms with Crippen LogP contribution in [0, 0.1) is 0 Å². The van der Waals surface area contributed by atoms with E-state index in [1.54, 1.807) is 4.90 Å². The van der Waals surface area contributed by atoms with Crippen molar-refractivity contribution >= 4 is 21.7 Å². The van der Waals surface area contributed by atoms with E-state index in [1.165, 1.54) is 0 Å². The van der Waals surface area contributed by atoms with Gasteiger partial charge in [-0.1, -0.05) is 19.3 Å². The molecule has 110 valence electrons. The monoisotopic (exact) mass is 291 g/mol. The van der Waals surface area contributed by atoms with Crippen LogP contribution in [-0.4, -0.2) is 54.4 Å². The summed E-state index contributed by atoms with van der Waals surface area (Å²) in [6.45, 7) is 2.28. The lowest BCUT2D eigenvalue weighted by atomic mass is 9.94. The summed E-state index contributed by atoms with van der Waals surface area (Å²) in [4.78, 5) is 24.0. The Balaban J connectivity index is 2.65. The number of carboxylic acid groups (broad SMARTS) is 1. The fourth-order valence-corrected chi connectivity index (χ4v) is 3.56. The molecule has 1 aliphatic carbocycles. The summed E-state index contributed by atoms with van der Waals surface area (Å²) in [7, 11) is -3.86. The van der Waals surface area contributed by atoms with Crippen molar-refractivity contribution in [2.45, 2.75) is 45.1 Å². The summed E-state index contributed by atoms with van der Waals surface area (Å²) < 4.78 is 23.1. The molecule has 0 bridgehead atoms. The molecule has 1 N–H and O–H groups in total. The first kappa shape index (κ1) is 15.9. The number of carbonyl (C=O) groups is 2. The van der Waals surface area contributed by atoms with E-state index in [2.05, 4.69) is 0 Å². The second kappa shape index (κ2) is 6.88. The average Bonchev–Trinajstić information content (AvgIpc) is 2.28. The standard InChI is InChI=1S/C12H21NO5S/c1-2-13(10-6-4-3-5-7-10)11(14)8-19(17,18)9-12(15)16/h10H,2-9H2,1H3,(H,15,16). The molecule has 1 saturated carbocycles. The normalized spacial score (nSPS) is 17.1. The maximum absolute atomic E-state index is 12.0. The highest BCUT2D eigenvalue weighted by molar-refractivity contribution is 7.92. The third kappa shape index (κ3) is 5.18. The molecule has 0 aromatic rings. The molecule has 0 atom stereocenters. The van der Waals surface area contributed by atoms with Crippen LogP contribution in [0.25, 0.3) is 0 Å². The van der Waals surface area contributed by atoms with Crippen molar-refractivity contribution in [2.24, 2.45) is 0 Å². The maximum atomic E-state index is 12.0. The Bertz CT molecular complexity index is 425. The number of nitrogens with zero attached hydrogens (tertiary/aromatic N) is 1. The lowest BCUT2D eigenvalue weighted by molar-refractivity contribution is -0.134. The van der Waals surface area contributed by atoms with Gasteiger partial charge >= 0.3 is 5.97 Å².